The van der Waals surface area contributed by atoms with Gasteiger partial charge in [-0.1, -0.05) is 36.4 Å². The maximum Gasteiger partial charge on any atom is 0.131 e. The SMILES string of the molecule is C=CCc1c(Oc2ccccc2)cccc1C(N)C#N. The van der Waals surface area contributed by atoms with Crippen LogP contribution in [0.5, 0.6) is 11.5 Å². The van der Waals surface area contributed by atoms with Crippen LogP contribution in [-0.4, -0.2) is 0 Å². The second kappa shape index (κ2) is 6.55. The van der Waals surface area contributed by atoms with Gasteiger partial charge in [0.05, 0.1) is 6.07 Å². The number of hydrogen-bond acceptors (Lipinski definition) is 3. The fourth-order valence-electron chi connectivity index (χ4n) is 2.02. The Kier molecular flexibility index (Phi) is 4.54. The van der Waals surface area contributed by atoms with E-state index in [1.807, 2.05) is 48.5 Å². The second-order valence-electron chi connectivity index (χ2n) is 4.34. The zero-order valence-electron chi connectivity index (χ0n) is 11.1. The van der Waals surface area contributed by atoms with Gasteiger partial charge in [0.25, 0.3) is 0 Å². The van der Waals surface area contributed by atoms with E-state index in [0.717, 1.165) is 16.9 Å². The summed E-state index contributed by atoms with van der Waals surface area (Å²) in [4.78, 5) is 0. The molecule has 0 amide bonds. The van der Waals surface area contributed by atoms with Crippen molar-refractivity contribution in [1.29, 1.82) is 5.26 Å². The van der Waals surface area contributed by atoms with Gasteiger partial charge in [0.2, 0.25) is 0 Å². The van der Waals surface area contributed by atoms with Crippen LogP contribution in [0.3, 0.4) is 0 Å². The molecule has 2 rings (SSSR count). The first-order chi connectivity index (χ1) is 9.76. The van der Waals surface area contributed by atoms with E-state index in [-0.39, 0.29) is 0 Å². The fourth-order valence-corrected chi connectivity index (χ4v) is 2.02. The summed E-state index contributed by atoms with van der Waals surface area (Å²) in [6, 6.07) is 16.5. The number of benzene rings is 2. The van der Waals surface area contributed by atoms with Gasteiger partial charge in [0.15, 0.2) is 0 Å². The van der Waals surface area contributed by atoms with Crippen molar-refractivity contribution >= 4 is 0 Å². The lowest BCUT2D eigenvalue weighted by molar-refractivity contribution is 0.476. The summed E-state index contributed by atoms with van der Waals surface area (Å²) in [5.74, 6) is 1.46. The molecule has 0 aliphatic rings. The molecule has 100 valence electrons. The molecule has 2 aromatic carbocycles. The molecule has 0 radical (unpaired) electrons. The molecule has 0 spiro atoms. The van der Waals surface area contributed by atoms with E-state index in [2.05, 4.69) is 12.6 Å². The molecule has 0 saturated heterocycles. The van der Waals surface area contributed by atoms with E-state index in [1.165, 1.54) is 0 Å². The van der Waals surface area contributed by atoms with Crippen molar-refractivity contribution in [1.82, 2.24) is 0 Å². The van der Waals surface area contributed by atoms with Crippen molar-refractivity contribution in [3.63, 3.8) is 0 Å². The van der Waals surface area contributed by atoms with Crippen molar-refractivity contribution in [2.75, 3.05) is 0 Å². The maximum atomic E-state index is 9.02. The average Bonchev–Trinajstić information content (AvgIpc) is 2.49. The third kappa shape index (κ3) is 3.05. The maximum absolute atomic E-state index is 9.02. The number of nitrogens with two attached hydrogens (primary N) is 1. The molecule has 3 heteroatoms. The topological polar surface area (TPSA) is 59.0 Å². The van der Waals surface area contributed by atoms with Crippen LogP contribution >= 0.6 is 0 Å². The summed E-state index contributed by atoms with van der Waals surface area (Å²) >= 11 is 0. The monoisotopic (exact) mass is 264 g/mol. The first kappa shape index (κ1) is 13.9. The smallest absolute Gasteiger partial charge is 0.131 e. The Balaban J connectivity index is 2.42. The normalized spacial score (nSPS) is 11.4. The van der Waals surface area contributed by atoms with Gasteiger partial charge in [0, 0.05) is 5.56 Å². The van der Waals surface area contributed by atoms with Crippen LogP contribution in [0.1, 0.15) is 17.2 Å². The quantitative estimate of drug-likeness (QED) is 0.837. The van der Waals surface area contributed by atoms with Gasteiger partial charge < -0.3 is 10.5 Å². The lowest BCUT2D eigenvalue weighted by Crippen LogP contribution is -2.10. The van der Waals surface area contributed by atoms with Crippen LogP contribution in [0.25, 0.3) is 0 Å². The predicted molar refractivity (Wildman–Crippen MR) is 79.4 cm³/mol. The zero-order chi connectivity index (χ0) is 14.4. The van der Waals surface area contributed by atoms with Gasteiger partial charge in [-0.3, -0.25) is 0 Å². The molecule has 2 N–H and O–H groups in total. The minimum Gasteiger partial charge on any atom is -0.457 e. The Bertz CT molecular complexity index is 629. The number of rotatable bonds is 5. The van der Waals surface area contributed by atoms with Crippen LogP contribution < -0.4 is 10.5 Å². The summed E-state index contributed by atoms with van der Waals surface area (Å²) in [5.41, 5.74) is 7.52. The fraction of sp³-hybridized carbons (Fsp3) is 0.118. The van der Waals surface area contributed by atoms with E-state index in [0.29, 0.717) is 12.2 Å². The largest absolute Gasteiger partial charge is 0.457 e. The molecule has 2 aromatic rings. The highest BCUT2D eigenvalue weighted by molar-refractivity contribution is 5.46. The summed E-state index contributed by atoms with van der Waals surface area (Å²) in [6.07, 6.45) is 2.38. The molecule has 1 unspecified atom stereocenters. The van der Waals surface area contributed by atoms with E-state index in [9.17, 15) is 0 Å². The molecule has 0 heterocycles. The highest BCUT2D eigenvalue weighted by Gasteiger charge is 2.14. The van der Waals surface area contributed by atoms with Gasteiger partial charge >= 0.3 is 0 Å². The molecule has 0 saturated carbocycles. The first-order valence-corrected chi connectivity index (χ1v) is 6.37. The summed E-state index contributed by atoms with van der Waals surface area (Å²) < 4.78 is 5.88. The molecule has 0 aliphatic heterocycles. The van der Waals surface area contributed by atoms with E-state index >= 15 is 0 Å². The number of nitrogens with zero attached hydrogens (tertiary/aromatic N) is 1. The highest BCUT2D eigenvalue weighted by atomic mass is 16.5. The Hall–Kier alpha value is -2.57. The number of allylic oxidation sites excluding steroid dienone is 1. The molecule has 1 atom stereocenters. The van der Waals surface area contributed by atoms with Gasteiger partial charge in [-0.15, -0.1) is 6.58 Å². The van der Waals surface area contributed by atoms with Crippen LogP contribution in [0.2, 0.25) is 0 Å². The molecular formula is C17H16N2O. The van der Waals surface area contributed by atoms with Gasteiger partial charge in [0.1, 0.15) is 17.5 Å². The van der Waals surface area contributed by atoms with Crippen LogP contribution in [0.15, 0.2) is 61.2 Å². The molecule has 0 aliphatic carbocycles. The molecule has 0 aromatic heterocycles. The zero-order valence-corrected chi connectivity index (χ0v) is 11.1. The van der Waals surface area contributed by atoms with E-state index < -0.39 is 6.04 Å². The lowest BCUT2D eigenvalue weighted by Gasteiger charge is -2.15. The van der Waals surface area contributed by atoms with Crippen molar-refractivity contribution in [3.05, 3.63) is 72.3 Å². The molecular weight excluding hydrogens is 248 g/mol. The number of ether oxygens (including phenoxy) is 1. The second-order valence-corrected chi connectivity index (χ2v) is 4.34. The molecule has 3 nitrogen and oxygen atoms in total. The molecule has 20 heavy (non-hydrogen) atoms. The third-order valence-electron chi connectivity index (χ3n) is 2.96. The minimum absolute atomic E-state index is 0.605. The third-order valence-corrected chi connectivity index (χ3v) is 2.96. The summed E-state index contributed by atoms with van der Waals surface area (Å²) in [5, 5.41) is 9.02. The van der Waals surface area contributed by atoms with Crippen molar-refractivity contribution in [2.45, 2.75) is 12.5 Å². The average molecular weight is 264 g/mol. The van der Waals surface area contributed by atoms with Gasteiger partial charge in [-0.05, 0) is 30.2 Å². The van der Waals surface area contributed by atoms with Crippen LogP contribution in [-0.2, 0) is 6.42 Å². The Morgan fingerprint density at radius 1 is 1.20 bits per heavy atom. The van der Waals surface area contributed by atoms with E-state index in [1.54, 1.807) is 6.08 Å². The minimum atomic E-state index is -0.663. The lowest BCUT2D eigenvalue weighted by atomic mass is 9.98. The van der Waals surface area contributed by atoms with Gasteiger partial charge in [-0.25, -0.2) is 0 Å². The molecule has 0 bridgehead atoms. The Labute approximate surface area is 118 Å². The number of nitriles is 1. The van der Waals surface area contributed by atoms with Crippen LogP contribution in [0, 0.1) is 11.3 Å². The summed E-state index contributed by atoms with van der Waals surface area (Å²) in [6.45, 7) is 3.75. The standard InChI is InChI=1S/C17H16N2O/c1-2-7-15-14(16(19)12-18)10-6-11-17(15)20-13-8-4-3-5-9-13/h2-6,8-11,16H,1,7,19H2. The van der Waals surface area contributed by atoms with Crippen molar-refractivity contribution in [3.8, 4) is 17.6 Å². The number of hydrogen-bond donors (Lipinski definition) is 1. The van der Waals surface area contributed by atoms with Gasteiger partial charge in [-0.2, -0.15) is 5.26 Å². The Morgan fingerprint density at radius 2 is 1.95 bits per heavy atom. The number of para-hydroxylation sites is 1. The van der Waals surface area contributed by atoms with Crippen LogP contribution in [0.4, 0.5) is 0 Å². The van der Waals surface area contributed by atoms with E-state index in [4.69, 9.17) is 15.7 Å². The first-order valence-electron chi connectivity index (χ1n) is 6.37. The summed E-state index contributed by atoms with van der Waals surface area (Å²) in [7, 11) is 0. The van der Waals surface area contributed by atoms with Crippen molar-refractivity contribution in [2.24, 2.45) is 5.73 Å². The Morgan fingerprint density at radius 3 is 2.60 bits per heavy atom. The predicted octanol–water partition coefficient (Wildman–Crippen LogP) is 3.73. The highest BCUT2D eigenvalue weighted by Crippen LogP contribution is 2.30. The van der Waals surface area contributed by atoms with Crippen molar-refractivity contribution < 1.29 is 4.74 Å². The molecule has 0 fully saturated rings.